The van der Waals surface area contributed by atoms with Gasteiger partial charge in [-0.3, -0.25) is 9.59 Å². The number of amides is 1. The normalized spacial score (nSPS) is 29.1. The van der Waals surface area contributed by atoms with Gasteiger partial charge in [0.2, 0.25) is 5.91 Å². The molecule has 1 atom stereocenters. The molecular formula is C15H25NO3. The SMILES string of the molecule is CC1(C)C(C(=O)N2CCCCC2CC(=O)O)C1(C)C. The molecule has 0 bridgehead atoms. The van der Waals surface area contributed by atoms with Crippen molar-refractivity contribution in [1.82, 2.24) is 4.90 Å². The minimum absolute atomic E-state index is 0.0231. The summed E-state index contributed by atoms with van der Waals surface area (Å²) in [5, 5.41) is 8.99. The summed E-state index contributed by atoms with van der Waals surface area (Å²) >= 11 is 0. The number of carbonyl (C=O) groups excluding carboxylic acids is 1. The van der Waals surface area contributed by atoms with Gasteiger partial charge in [0, 0.05) is 18.5 Å². The molecule has 1 unspecified atom stereocenters. The largest absolute Gasteiger partial charge is 0.481 e. The highest BCUT2D eigenvalue weighted by atomic mass is 16.4. The highest BCUT2D eigenvalue weighted by Crippen LogP contribution is 2.69. The molecular weight excluding hydrogens is 242 g/mol. The Morgan fingerprint density at radius 1 is 1.16 bits per heavy atom. The number of carboxylic acid groups (broad SMARTS) is 1. The number of nitrogens with zero attached hydrogens (tertiary/aromatic N) is 1. The van der Waals surface area contributed by atoms with E-state index in [1.54, 1.807) is 0 Å². The van der Waals surface area contributed by atoms with Crippen molar-refractivity contribution in [3.63, 3.8) is 0 Å². The average molecular weight is 267 g/mol. The van der Waals surface area contributed by atoms with Gasteiger partial charge in [0.1, 0.15) is 0 Å². The van der Waals surface area contributed by atoms with E-state index in [2.05, 4.69) is 27.7 Å². The second-order valence-electron chi connectivity index (χ2n) is 7.16. The molecule has 0 aromatic heterocycles. The average Bonchev–Trinajstić information content (AvgIpc) is 2.68. The minimum Gasteiger partial charge on any atom is -0.481 e. The van der Waals surface area contributed by atoms with Crippen LogP contribution in [-0.2, 0) is 9.59 Å². The molecule has 0 radical (unpaired) electrons. The van der Waals surface area contributed by atoms with E-state index in [0.717, 1.165) is 25.8 Å². The summed E-state index contributed by atoms with van der Waals surface area (Å²) in [5.41, 5.74) is 0.0462. The molecule has 4 nitrogen and oxygen atoms in total. The van der Waals surface area contributed by atoms with E-state index in [0.29, 0.717) is 0 Å². The molecule has 2 aliphatic rings. The van der Waals surface area contributed by atoms with Crippen molar-refractivity contribution in [1.29, 1.82) is 0 Å². The Hall–Kier alpha value is -1.06. The zero-order valence-corrected chi connectivity index (χ0v) is 12.4. The number of hydrogen-bond acceptors (Lipinski definition) is 2. The van der Waals surface area contributed by atoms with Crippen molar-refractivity contribution >= 4 is 11.9 Å². The van der Waals surface area contributed by atoms with E-state index in [4.69, 9.17) is 5.11 Å². The molecule has 1 N–H and O–H groups in total. The number of carboxylic acids is 1. The summed E-state index contributed by atoms with van der Waals surface area (Å²) in [4.78, 5) is 25.5. The molecule has 108 valence electrons. The van der Waals surface area contributed by atoms with Gasteiger partial charge in [-0.2, -0.15) is 0 Å². The molecule has 1 saturated carbocycles. The lowest BCUT2D eigenvalue weighted by molar-refractivity contribution is -0.143. The fourth-order valence-electron chi connectivity index (χ4n) is 3.68. The summed E-state index contributed by atoms with van der Waals surface area (Å²) in [7, 11) is 0. The maximum absolute atomic E-state index is 12.7. The highest BCUT2D eigenvalue weighted by Gasteiger charge is 2.69. The molecule has 1 aliphatic heterocycles. The first-order chi connectivity index (χ1) is 8.69. The summed E-state index contributed by atoms with van der Waals surface area (Å²) < 4.78 is 0. The van der Waals surface area contributed by atoms with Crippen molar-refractivity contribution in [2.45, 2.75) is 59.4 Å². The van der Waals surface area contributed by atoms with Gasteiger partial charge in [0.05, 0.1) is 6.42 Å². The Morgan fingerprint density at radius 3 is 2.21 bits per heavy atom. The van der Waals surface area contributed by atoms with Crippen molar-refractivity contribution in [2.24, 2.45) is 16.7 Å². The number of hydrogen-bond donors (Lipinski definition) is 1. The van der Waals surface area contributed by atoms with Crippen LogP contribution in [-0.4, -0.2) is 34.5 Å². The second kappa shape index (κ2) is 4.50. The monoisotopic (exact) mass is 267 g/mol. The van der Waals surface area contributed by atoms with Crippen LogP contribution in [0.15, 0.2) is 0 Å². The van der Waals surface area contributed by atoms with Crippen molar-refractivity contribution in [2.75, 3.05) is 6.54 Å². The fraction of sp³-hybridized carbons (Fsp3) is 0.867. The van der Waals surface area contributed by atoms with Gasteiger partial charge >= 0.3 is 5.97 Å². The third kappa shape index (κ3) is 2.26. The van der Waals surface area contributed by atoms with Crippen LogP contribution in [0.3, 0.4) is 0 Å². The van der Waals surface area contributed by atoms with Gasteiger partial charge in [-0.1, -0.05) is 27.7 Å². The van der Waals surface area contributed by atoms with Crippen LogP contribution in [0.1, 0.15) is 53.4 Å². The zero-order valence-electron chi connectivity index (χ0n) is 12.4. The van der Waals surface area contributed by atoms with Crippen LogP contribution < -0.4 is 0 Å². The van der Waals surface area contributed by atoms with E-state index in [9.17, 15) is 9.59 Å². The maximum Gasteiger partial charge on any atom is 0.305 e. The van der Waals surface area contributed by atoms with Crippen LogP contribution in [0, 0.1) is 16.7 Å². The van der Waals surface area contributed by atoms with Crippen LogP contribution >= 0.6 is 0 Å². The second-order valence-corrected chi connectivity index (χ2v) is 7.16. The smallest absolute Gasteiger partial charge is 0.305 e. The minimum atomic E-state index is -0.806. The standard InChI is InChI=1S/C15H25NO3/c1-14(2)12(15(14,3)4)13(19)16-8-6-5-7-10(16)9-11(17)18/h10,12H,5-9H2,1-4H3,(H,17,18). The van der Waals surface area contributed by atoms with E-state index >= 15 is 0 Å². The predicted octanol–water partition coefficient (Wildman–Crippen LogP) is 2.52. The Bertz CT molecular complexity index is 386. The van der Waals surface area contributed by atoms with Gasteiger partial charge in [0.15, 0.2) is 0 Å². The molecule has 1 saturated heterocycles. The lowest BCUT2D eigenvalue weighted by atomic mass is 9.98. The summed E-state index contributed by atoms with van der Waals surface area (Å²) in [6.07, 6.45) is 2.93. The summed E-state index contributed by atoms with van der Waals surface area (Å²) in [5.74, 6) is -0.602. The number of piperidine rings is 1. The van der Waals surface area contributed by atoms with E-state index in [-0.39, 0.29) is 35.1 Å². The lowest BCUT2D eigenvalue weighted by Gasteiger charge is -2.35. The van der Waals surface area contributed by atoms with E-state index < -0.39 is 5.97 Å². The van der Waals surface area contributed by atoms with Crippen LogP contribution in [0.5, 0.6) is 0 Å². The van der Waals surface area contributed by atoms with Crippen LogP contribution in [0.2, 0.25) is 0 Å². The van der Waals surface area contributed by atoms with Gasteiger partial charge in [-0.05, 0) is 30.1 Å². The number of rotatable bonds is 3. The third-order valence-corrected chi connectivity index (χ3v) is 5.59. The molecule has 0 aromatic rings. The topological polar surface area (TPSA) is 57.6 Å². The number of aliphatic carboxylic acids is 1. The lowest BCUT2D eigenvalue weighted by Crippen LogP contribution is -2.46. The molecule has 4 heteroatoms. The first-order valence-electron chi connectivity index (χ1n) is 7.22. The van der Waals surface area contributed by atoms with E-state index in [1.165, 1.54) is 0 Å². The molecule has 1 aliphatic carbocycles. The van der Waals surface area contributed by atoms with Gasteiger partial charge in [-0.15, -0.1) is 0 Å². The van der Waals surface area contributed by atoms with Gasteiger partial charge < -0.3 is 10.0 Å². The summed E-state index contributed by atoms with van der Waals surface area (Å²) in [6, 6.07) is -0.106. The van der Waals surface area contributed by atoms with E-state index in [1.807, 2.05) is 4.90 Å². The first-order valence-corrected chi connectivity index (χ1v) is 7.22. The quantitative estimate of drug-likeness (QED) is 0.854. The molecule has 1 heterocycles. The molecule has 2 rings (SSSR count). The molecule has 1 amide bonds. The Morgan fingerprint density at radius 2 is 1.74 bits per heavy atom. The molecule has 0 aromatic carbocycles. The van der Waals surface area contributed by atoms with Gasteiger partial charge in [-0.25, -0.2) is 0 Å². The van der Waals surface area contributed by atoms with Crippen molar-refractivity contribution < 1.29 is 14.7 Å². The number of likely N-dealkylation sites (tertiary alicyclic amines) is 1. The predicted molar refractivity (Wildman–Crippen MR) is 72.7 cm³/mol. The maximum atomic E-state index is 12.7. The first kappa shape index (κ1) is 14.4. The van der Waals surface area contributed by atoms with Crippen molar-refractivity contribution in [3.8, 4) is 0 Å². The summed E-state index contributed by atoms with van der Waals surface area (Å²) in [6.45, 7) is 9.24. The molecule has 0 spiro atoms. The van der Waals surface area contributed by atoms with Crippen LogP contribution in [0.25, 0.3) is 0 Å². The zero-order chi connectivity index (χ0) is 14.4. The fourth-order valence-corrected chi connectivity index (χ4v) is 3.68. The number of carbonyl (C=O) groups is 2. The third-order valence-electron chi connectivity index (χ3n) is 5.59. The van der Waals surface area contributed by atoms with Crippen molar-refractivity contribution in [3.05, 3.63) is 0 Å². The Kier molecular flexibility index (Phi) is 3.40. The molecule has 19 heavy (non-hydrogen) atoms. The van der Waals surface area contributed by atoms with Crippen LogP contribution in [0.4, 0.5) is 0 Å². The Balaban J connectivity index is 2.11. The molecule has 2 fully saturated rings. The van der Waals surface area contributed by atoms with Gasteiger partial charge in [0.25, 0.3) is 0 Å². The highest BCUT2D eigenvalue weighted by molar-refractivity contribution is 5.85. The Labute approximate surface area is 115 Å².